The van der Waals surface area contributed by atoms with Crippen molar-refractivity contribution in [3.8, 4) is 0 Å². The fraction of sp³-hybridized carbons (Fsp3) is 0.889. The van der Waals surface area contributed by atoms with Crippen LogP contribution in [0.4, 0.5) is 0 Å². The zero-order chi connectivity index (χ0) is 10.4. The van der Waals surface area contributed by atoms with Gasteiger partial charge in [-0.1, -0.05) is 6.92 Å². The van der Waals surface area contributed by atoms with Crippen LogP contribution in [0.15, 0.2) is 0 Å². The number of nitrogens with two attached hydrogens (primary N) is 1. The maximum absolute atomic E-state index is 11.0. The van der Waals surface area contributed by atoms with Crippen LogP contribution in [0.3, 0.4) is 0 Å². The molecule has 0 aromatic carbocycles. The predicted octanol–water partition coefficient (Wildman–Crippen LogP) is -0.0281. The van der Waals surface area contributed by atoms with Crippen LogP contribution in [0.25, 0.3) is 0 Å². The van der Waals surface area contributed by atoms with Crippen LogP contribution in [0.5, 0.6) is 0 Å². The summed E-state index contributed by atoms with van der Waals surface area (Å²) in [5.74, 6) is 0.495. The molecule has 1 saturated heterocycles. The monoisotopic (exact) mass is 218 g/mol. The fourth-order valence-corrected chi connectivity index (χ4v) is 2.23. The molecule has 0 bridgehead atoms. The molecule has 0 spiro atoms. The lowest BCUT2D eigenvalue weighted by atomic mass is 10.3. The quantitative estimate of drug-likeness (QED) is 0.630. The van der Waals surface area contributed by atoms with Crippen molar-refractivity contribution in [3.63, 3.8) is 0 Å². The molecule has 1 unspecified atom stereocenters. The van der Waals surface area contributed by atoms with E-state index < -0.39 is 0 Å². The lowest BCUT2D eigenvalue weighted by molar-refractivity contribution is -0.119. The second-order valence-corrected chi connectivity index (χ2v) is 4.74. The fourth-order valence-electron chi connectivity index (χ4n) is 1.10. The van der Waals surface area contributed by atoms with Gasteiger partial charge in [-0.2, -0.15) is 11.8 Å². The van der Waals surface area contributed by atoms with Gasteiger partial charge in [-0.15, -0.1) is 0 Å². The van der Waals surface area contributed by atoms with Gasteiger partial charge in [0.25, 0.3) is 0 Å². The minimum atomic E-state index is -0.258. The predicted molar refractivity (Wildman–Crippen MR) is 58.3 cm³/mol. The van der Waals surface area contributed by atoms with Crippen LogP contribution < -0.4 is 11.1 Å². The molecule has 1 amide bonds. The van der Waals surface area contributed by atoms with E-state index in [4.69, 9.17) is 10.5 Å². The molecule has 5 heteroatoms. The first-order valence-electron chi connectivity index (χ1n) is 4.96. The van der Waals surface area contributed by atoms with Gasteiger partial charge in [0.15, 0.2) is 0 Å². The van der Waals surface area contributed by atoms with E-state index in [0.29, 0.717) is 5.25 Å². The average molecular weight is 218 g/mol. The summed E-state index contributed by atoms with van der Waals surface area (Å²) in [6.07, 6.45) is 1.01. The third-order valence-electron chi connectivity index (χ3n) is 2.09. The smallest absolute Gasteiger partial charge is 0.235 e. The molecule has 4 nitrogen and oxygen atoms in total. The van der Waals surface area contributed by atoms with E-state index in [1.807, 2.05) is 0 Å². The molecule has 1 fully saturated rings. The van der Waals surface area contributed by atoms with Gasteiger partial charge in [-0.05, 0) is 13.0 Å². The molecule has 1 aliphatic heterocycles. The van der Waals surface area contributed by atoms with E-state index in [1.165, 1.54) is 0 Å². The van der Waals surface area contributed by atoms with Crippen molar-refractivity contribution in [1.82, 2.24) is 5.32 Å². The molecule has 0 aliphatic carbocycles. The van der Waals surface area contributed by atoms with Crippen molar-refractivity contribution in [2.24, 2.45) is 5.73 Å². The van der Waals surface area contributed by atoms with Gasteiger partial charge in [0.2, 0.25) is 5.91 Å². The Bertz CT molecular complexity index is 186. The van der Waals surface area contributed by atoms with Gasteiger partial charge in [0.1, 0.15) is 0 Å². The molecule has 82 valence electrons. The van der Waals surface area contributed by atoms with Crippen LogP contribution in [0.2, 0.25) is 0 Å². The maximum Gasteiger partial charge on any atom is 0.235 e. The summed E-state index contributed by atoms with van der Waals surface area (Å²) in [5, 5.41) is 3.69. The SMILES string of the molecule is CCCNC(CSC1COC1)C(N)=O. The number of carbonyl (C=O) groups is 1. The van der Waals surface area contributed by atoms with Crippen LogP contribution in [-0.4, -0.2) is 42.7 Å². The molecule has 1 atom stereocenters. The van der Waals surface area contributed by atoms with Gasteiger partial charge in [-0.3, -0.25) is 4.79 Å². The van der Waals surface area contributed by atoms with Crippen molar-refractivity contribution in [1.29, 1.82) is 0 Å². The van der Waals surface area contributed by atoms with E-state index in [9.17, 15) is 4.79 Å². The summed E-state index contributed by atoms with van der Waals surface area (Å²) >= 11 is 1.76. The summed E-state index contributed by atoms with van der Waals surface area (Å²) in [4.78, 5) is 11.0. The highest BCUT2D eigenvalue weighted by Gasteiger charge is 2.22. The second kappa shape index (κ2) is 6.27. The molecular formula is C9H18N2O2S. The second-order valence-electron chi connectivity index (χ2n) is 3.40. The highest BCUT2D eigenvalue weighted by atomic mass is 32.2. The van der Waals surface area contributed by atoms with Gasteiger partial charge in [0, 0.05) is 5.75 Å². The zero-order valence-electron chi connectivity index (χ0n) is 8.49. The highest BCUT2D eigenvalue weighted by Crippen LogP contribution is 2.19. The van der Waals surface area contributed by atoms with Gasteiger partial charge in [0.05, 0.1) is 24.5 Å². The first-order chi connectivity index (χ1) is 6.74. The van der Waals surface area contributed by atoms with Crippen molar-refractivity contribution in [2.75, 3.05) is 25.5 Å². The topological polar surface area (TPSA) is 64.3 Å². The lowest BCUT2D eigenvalue weighted by Gasteiger charge is -2.26. The Morgan fingerprint density at radius 1 is 1.71 bits per heavy atom. The normalized spacial score (nSPS) is 18.9. The molecule has 0 aromatic heterocycles. The number of hydrogen-bond donors (Lipinski definition) is 2. The van der Waals surface area contributed by atoms with E-state index in [2.05, 4.69) is 12.2 Å². The zero-order valence-corrected chi connectivity index (χ0v) is 9.31. The number of ether oxygens (including phenoxy) is 1. The standard InChI is InChI=1S/C9H18N2O2S/c1-2-3-11-8(9(10)12)6-14-7-4-13-5-7/h7-8,11H,2-6H2,1H3,(H2,10,12). The Hall–Kier alpha value is -0.260. The Balaban J connectivity index is 2.16. The first-order valence-corrected chi connectivity index (χ1v) is 6.01. The van der Waals surface area contributed by atoms with Crippen LogP contribution in [0.1, 0.15) is 13.3 Å². The molecule has 0 radical (unpaired) electrons. The lowest BCUT2D eigenvalue weighted by Crippen LogP contribution is -2.44. The largest absolute Gasteiger partial charge is 0.379 e. The number of carbonyl (C=O) groups excluding carboxylic acids is 1. The van der Waals surface area contributed by atoms with Crippen LogP contribution in [-0.2, 0) is 9.53 Å². The molecule has 1 heterocycles. The minimum absolute atomic E-state index is 0.194. The Morgan fingerprint density at radius 3 is 2.86 bits per heavy atom. The number of rotatable bonds is 7. The van der Waals surface area contributed by atoms with Crippen LogP contribution in [0, 0.1) is 0 Å². The third-order valence-corrected chi connectivity index (χ3v) is 3.36. The number of amides is 1. The molecule has 14 heavy (non-hydrogen) atoms. The molecular weight excluding hydrogens is 200 g/mol. The summed E-state index contributed by atoms with van der Waals surface area (Å²) in [6, 6.07) is -0.194. The van der Waals surface area contributed by atoms with E-state index in [-0.39, 0.29) is 11.9 Å². The summed E-state index contributed by atoms with van der Waals surface area (Å²) in [6.45, 7) is 4.53. The average Bonchev–Trinajstić information content (AvgIpc) is 2.07. The summed E-state index contributed by atoms with van der Waals surface area (Å²) in [5.41, 5.74) is 5.28. The minimum Gasteiger partial charge on any atom is -0.379 e. The van der Waals surface area contributed by atoms with Crippen molar-refractivity contribution in [2.45, 2.75) is 24.6 Å². The van der Waals surface area contributed by atoms with Gasteiger partial charge >= 0.3 is 0 Å². The molecule has 0 saturated carbocycles. The number of primary amides is 1. The molecule has 0 aromatic rings. The molecule has 1 rings (SSSR count). The molecule has 1 aliphatic rings. The maximum atomic E-state index is 11.0. The van der Waals surface area contributed by atoms with Gasteiger partial charge < -0.3 is 15.8 Å². The van der Waals surface area contributed by atoms with E-state index in [0.717, 1.165) is 31.9 Å². The van der Waals surface area contributed by atoms with Crippen molar-refractivity contribution < 1.29 is 9.53 Å². The Kier molecular flexibility index (Phi) is 5.29. The Morgan fingerprint density at radius 2 is 2.43 bits per heavy atom. The van der Waals surface area contributed by atoms with Crippen LogP contribution >= 0.6 is 11.8 Å². The summed E-state index contributed by atoms with van der Waals surface area (Å²) in [7, 11) is 0. The highest BCUT2D eigenvalue weighted by molar-refractivity contribution is 8.00. The third kappa shape index (κ3) is 3.86. The summed E-state index contributed by atoms with van der Waals surface area (Å²) < 4.78 is 5.05. The first kappa shape index (κ1) is 11.8. The Labute approximate surface area is 88.9 Å². The van der Waals surface area contributed by atoms with Crippen molar-refractivity contribution >= 4 is 17.7 Å². The van der Waals surface area contributed by atoms with E-state index in [1.54, 1.807) is 11.8 Å². The number of nitrogens with one attached hydrogen (secondary N) is 1. The van der Waals surface area contributed by atoms with Crippen molar-refractivity contribution in [3.05, 3.63) is 0 Å². The number of hydrogen-bond acceptors (Lipinski definition) is 4. The number of thioether (sulfide) groups is 1. The van der Waals surface area contributed by atoms with E-state index >= 15 is 0 Å². The van der Waals surface area contributed by atoms with Gasteiger partial charge in [-0.25, -0.2) is 0 Å². The molecule has 3 N–H and O–H groups in total.